The zero-order valence-corrected chi connectivity index (χ0v) is 12.4. The number of nitrogens with zero attached hydrogens (tertiary/aromatic N) is 1. The summed E-state index contributed by atoms with van der Waals surface area (Å²) < 4.78 is 14.3. The molecule has 0 radical (unpaired) electrons. The van der Waals surface area contributed by atoms with Gasteiger partial charge in [0.05, 0.1) is 5.69 Å². The molecule has 0 amide bonds. The Balaban J connectivity index is 2.55. The molecule has 106 valence electrons. The summed E-state index contributed by atoms with van der Waals surface area (Å²) in [5.41, 5.74) is 10.6. The van der Waals surface area contributed by atoms with Crippen molar-refractivity contribution in [3.8, 4) is 0 Å². The Morgan fingerprint density at radius 2 is 1.70 bits per heavy atom. The van der Waals surface area contributed by atoms with Gasteiger partial charge in [-0.3, -0.25) is 0 Å². The third-order valence-electron chi connectivity index (χ3n) is 3.44. The first-order valence-corrected chi connectivity index (χ1v) is 6.76. The summed E-state index contributed by atoms with van der Waals surface area (Å²) >= 11 is 0. The van der Waals surface area contributed by atoms with E-state index in [1.165, 1.54) is 6.07 Å². The first-order chi connectivity index (χ1) is 9.40. The molecule has 2 nitrogen and oxygen atoms in total. The lowest BCUT2D eigenvalue weighted by Crippen LogP contribution is -2.17. The molecule has 20 heavy (non-hydrogen) atoms. The fourth-order valence-electron chi connectivity index (χ4n) is 2.53. The van der Waals surface area contributed by atoms with Crippen LogP contribution in [0.5, 0.6) is 0 Å². The van der Waals surface area contributed by atoms with Gasteiger partial charge >= 0.3 is 0 Å². The number of anilines is 2. The van der Waals surface area contributed by atoms with Crippen LogP contribution in [0.25, 0.3) is 0 Å². The lowest BCUT2D eigenvalue weighted by molar-refractivity contribution is 0.622. The second-order valence-corrected chi connectivity index (χ2v) is 5.37. The number of rotatable bonds is 3. The van der Waals surface area contributed by atoms with Gasteiger partial charge in [0.2, 0.25) is 0 Å². The number of para-hydroxylation sites is 1. The molecule has 1 atom stereocenters. The van der Waals surface area contributed by atoms with E-state index in [4.69, 9.17) is 5.73 Å². The molecule has 2 aromatic carbocycles. The molecule has 0 fully saturated rings. The van der Waals surface area contributed by atoms with Gasteiger partial charge in [0.15, 0.2) is 0 Å². The third kappa shape index (κ3) is 2.83. The SMILES string of the molecule is Cc1cc(C)cc(N(C)c2c(F)cccc2[C@@H](C)N)c1. The molecular weight excluding hydrogens is 251 g/mol. The molecule has 2 rings (SSSR count). The first kappa shape index (κ1) is 14.5. The number of halogens is 1. The largest absolute Gasteiger partial charge is 0.342 e. The van der Waals surface area contributed by atoms with Crippen molar-refractivity contribution in [3.63, 3.8) is 0 Å². The maximum Gasteiger partial charge on any atom is 0.147 e. The molecule has 0 spiro atoms. The van der Waals surface area contributed by atoms with E-state index >= 15 is 0 Å². The van der Waals surface area contributed by atoms with Crippen LogP contribution in [0.4, 0.5) is 15.8 Å². The van der Waals surface area contributed by atoms with Crippen molar-refractivity contribution >= 4 is 11.4 Å². The number of benzene rings is 2. The highest BCUT2D eigenvalue weighted by Gasteiger charge is 2.17. The molecule has 3 heteroatoms. The Morgan fingerprint density at radius 1 is 1.10 bits per heavy atom. The van der Waals surface area contributed by atoms with Gasteiger partial charge in [0, 0.05) is 18.8 Å². The average molecular weight is 272 g/mol. The van der Waals surface area contributed by atoms with Crippen LogP contribution in [0.15, 0.2) is 36.4 Å². The molecule has 2 aromatic rings. The van der Waals surface area contributed by atoms with E-state index in [-0.39, 0.29) is 11.9 Å². The van der Waals surface area contributed by atoms with Gasteiger partial charge in [-0.15, -0.1) is 0 Å². The molecule has 0 aromatic heterocycles. The quantitative estimate of drug-likeness (QED) is 0.906. The van der Waals surface area contributed by atoms with E-state index in [2.05, 4.69) is 6.07 Å². The van der Waals surface area contributed by atoms with Gasteiger partial charge in [-0.2, -0.15) is 0 Å². The van der Waals surface area contributed by atoms with Gasteiger partial charge in [-0.1, -0.05) is 18.2 Å². The maximum atomic E-state index is 14.3. The van der Waals surface area contributed by atoms with Crippen LogP contribution in [-0.2, 0) is 0 Å². The summed E-state index contributed by atoms with van der Waals surface area (Å²) in [5.74, 6) is -0.249. The normalized spacial score (nSPS) is 12.3. The molecule has 0 saturated heterocycles. The molecule has 0 aliphatic heterocycles. The summed E-state index contributed by atoms with van der Waals surface area (Å²) in [4.78, 5) is 1.87. The van der Waals surface area contributed by atoms with Crippen LogP contribution in [0.1, 0.15) is 29.7 Å². The molecular formula is C17H21FN2. The Labute approximate surface area is 120 Å². The minimum atomic E-state index is -0.249. The summed E-state index contributed by atoms with van der Waals surface area (Å²) in [5, 5.41) is 0. The Kier molecular flexibility index (Phi) is 4.09. The average Bonchev–Trinajstić information content (AvgIpc) is 2.36. The minimum absolute atomic E-state index is 0.214. The van der Waals surface area contributed by atoms with E-state index in [1.807, 2.05) is 50.9 Å². The fraction of sp³-hybridized carbons (Fsp3) is 0.294. The number of hydrogen-bond acceptors (Lipinski definition) is 2. The second kappa shape index (κ2) is 5.63. The molecule has 0 bridgehead atoms. The number of aryl methyl sites for hydroxylation is 2. The van der Waals surface area contributed by atoms with E-state index in [0.29, 0.717) is 5.69 Å². The van der Waals surface area contributed by atoms with Crippen molar-refractivity contribution in [3.05, 3.63) is 58.9 Å². The van der Waals surface area contributed by atoms with Crippen LogP contribution in [0.3, 0.4) is 0 Å². The Morgan fingerprint density at radius 3 is 2.25 bits per heavy atom. The molecule has 0 unspecified atom stereocenters. The fourth-order valence-corrected chi connectivity index (χ4v) is 2.53. The van der Waals surface area contributed by atoms with Gasteiger partial charge in [-0.25, -0.2) is 4.39 Å². The molecule has 0 heterocycles. The highest BCUT2D eigenvalue weighted by Crippen LogP contribution is 2.33. The van der Waals surface area contributed by atoms with E-state index in [1.54, 1.807) is 6.07 Å². The summed E-state index contributed by atoms with van der Waals surface area (Å²) in [6.45, 7) is 5.95. The highest BCUT2D eigenvalue weighted by molar-refractivity contribution is 5.68. The molecule has 2 N–H and O–H groups in total. The van der Waals surface area contributed by atoms with Crippen LogP contribution in [0.2, 0.25) is 0 Å². The second-order valence-electron chi connectivity index (χ2n) is 5.37. The topological polar surface area (TPSA) is 29.3 Å². The van der Waals surface area contributed by atoms with E-state index in [0.717, 1.165) is 22.4 Å². The lowest BCUT2D eigenvalue weighted by atomic mass is 10.0. The van der Waals surface area contributed by atoms with E-state index < -0.39 is 0 Å². The van der Waals surface area contributed by atoms with Crippen LogP contribution < -0.4 is 10.6 Å². The Hall–Kier alpha value is -1.87. The number of nitrogens with two attached hydrogens (primary N) is 1. The van der Waals surface area contributed by atoms with Crippen molar-refractivity contribution in [2.75, 3.05) is 11.9 Å². The van der Waals surface area contributed by atoms with Gasteiger partial charge in [0.1, 0.15) is 5.82 Å². The molecule has 0 aliphatic rings. The maximum absolute atomic E-state index is 14.3. The molecule has 0 saturated carbocycles. The predicted molar refractivity (Wildman–Crippen MR) is 83.0 cm³/mol. The zero-order chi connectivity index (χ0) is 14.9. The summed E-state index contributed by atoms with van der Waals surface area (Å²) in [6.07, 6.45) is 0. The van der Waals surface area contributed by atoms with Crippen molar-refractivity contribution in [2.45, 2.75) is 26.8 Å². The Bertz CT molecular complexity index is 600. The van der Waals surface area contributed by atoms with Crippen LogP contribution in [0, 0.1) is 19.7 Å². The van der Waals surface area contributed by atoms with E-state index in [9.17, 15) is 4.39 Å². The van der Waals surface area contributed by atoms with Crippen LogP contribution >= 0.6 is 0 Å². The smallest absolute Gasteiger partial charge is 0.147 e. The van der Waals surface area contributed by atoms with Crippen LogP contribution in [-0.4, -0.2) is 7.05 Å². The monoisotopic (exact) mass is 272 g/mol. The van der Waals surface area contributed by atoms with Crippen molar-refractivity contribution in [2.24, 2.45) is 5.73 Å². The summed E-state index contributed by atoms with van der Waals surface area (Å²) in [6, 6.07) is 11.0. The van der Waals surface area contributed by atoms with Gasteiger partial charge in [-0.05, 0) is 55.7 Å². The zero-order valence-electron chi connectivity index (χ0n) is 12.4. The summed E-state index contributed by atoms with van der Waals surface area (Å²) in [7, 11) is 1.87. The van der Waals surface area contributed by atoms with Crippen molar-refractivity contribution < 1.29 is 4.39 Å². The van der Waals surface area contributed by atoms with Gasteiger partial charge < -0.3 is 10.6 Å². The standard InChI is InChI=1S/C17H21FN2/c1-11-8-12(2)10-14(9-11)20(4)17-15(13(3)19)6-5-7-16(17)18/h5-10,13H,19H2,1-4H3/t13-/m1/s1. The third-order valence-corrected chi connectivity index (χ3v) is 3.44. The van der Waals surface area contributed by atoms with Crippen molar-refractivity contribution in [1.82, 2.24) is 0 Å². The minimum Gasteiger partial charge on any atom is -0.342 e. The first-order valence-electron chi connectivity index (χ1n) is 6.76. The van der Waals surface area contributed by atoms with Gasteiger partial charge in [0.25, 0.3) is 0 Å². The predicted octanol–water partition coefficient (Wildman–Crippen LogP) is 4.23. The number of hydrogen-bond donors (Lipinski definition) is 1. The van der Waals surface area contributed by atoms with Crippen molar-refractivity contribution in [1.29, 1.82) is 0 Å². The molecule has 0 aliphatic carbocycles. The lowest BCUT2D eigenvalue weighted by Gasteiger charge is -2.25. The highest BCUT2D eigenvalue weighted by atomic mass is 19.1.